The van der Waals surface area contributed by atoms with Crippen LogP contribution in [0.2, 0.25) is 0 Å². The van der Waals surface area contributed by atoms with Gasteiger partial charge in [-0.15, -0.1) is 0 Å². The monoisotopic (exact) mass is 537 g/mol. The van der Waals surface area contributed by atoms with Crippen LogP contribution in [-0.4, -0.2) is 30.6 Å². The molecule has 0 saturated carbocycles. The third-order valence-electron chi connectivity index (χ3n) is 4.62. The summed E-state index contributed by atoms with van der Waals surface area (Å²) in [6.07, 6.45) is 2.17. The molecule has 0 aromatic heterocycles. The highest BCUT2D eigenvalue weighted by Crippen LogP contribution is 2.23. The average molecular weight is 538 g/mol. The molecule has 3 aromatic carbocycles. The predicted molar refractivity (Wildman–Crippen MR) is 137 cm³/mol. The van der Waals surface area contributed by atoms with Gasteiger partial charge in [-0.25, -0.2) is 10.2 Å². The zero-order chi connectivity index (χ0) is 25.2. The molecule has 0 aliphatic heterocycles. The Labute approximate surface area is 211 Å². The first-order valence-electron chi connectivity index (χ1n) is 10.8. The fraction of sp³-hybridized carbons (Fsp3) is 0.154. The second-order valence-corrected chi connectivity index (χ2v) is 8.38. The number of anilines is 1. The number of hydrogen-bond acceptors (Lipinski definition) is 6. The van der Waals surface area contributed by atoms with Crippen molar-refractivity contribution in [3.8, 4) is 11.5 Å². The number of hydrogen-bond donors (Lipinski definition) is 2. The molecular formula is C26H24BrN3O5. The van der Waals surface area contributed by atoms with Crippen molar-refractivity contribution < 1.29 is 23.9 Å². The molecule has 0 bridgehead atoms. The number of hydrazone groups is 1. The van der Waals surface area contributed by atoms with E-state index in [4.69, 9.17) is 9.47 Å². The molecule has 9 heteroatoms. The molecule has 2 N–H and O–H groups in total. The minimum Gasteiger partial charge on any atom is -0.494 e. The first kappa shape index (κ1) is 25.6. The van der Waals surface area contributed by atoms with Crippen LogP contribution < -0.4 is 20.2 Å². The number of nitrogens with zero attached hydrogens (tertiary/aromatic N) is 1. The van der Waals surface area contributed by atoms with Gasteiger partial charge in [0, 0.05) is 15.7 Å². The van der Waals surface area contributed by atoms with Crippen molar-refractivity contribution >= 4 is 45.6 Å². The molecule has 3 rings (SSSR count). The fourth-order valence-electron chi connectivity index (χ4n) is 2.82. The highest BCUT2D eigenvalue weighted by molar-refractivity contribution is 9.10. The minimum absolute atomic E-state index is 0.228. The lowest BCUT2D eigenvalue weighted by Gasteiger charge is -2.09. The van der Waals surface area contributed by atoms with Crippen molar-refractivity contribution in [3.63, 3.8) is 0 Å². The van der Waals surface area contributed by atoms with Gasteiger partial charge in [0.1, 0.15) is 11.5 Å². The molecular weight excluding hydrogens is 514 g/mol. The highest BCUT2D eigenvalue weighted by atomic mass is 79.9. The van der Waals surface area contributed by atoms with Crippen LogP contribution >= 0.6 is 15.9 Å². The Morgan fingerprint density at radius 3 is 2.37 bits per heavy atom. The zero-order valence-corrected chi connectivity index (χ0v) is 20.8. The average Bonchev–Trinajstić information content (AvgIpc) is 2.85. The number of carbonyl (C=O) groups is 3. The lowest BCUT2D eigenvalue weighted by atomic mass is 10.2. The minimum atomic E-state index is -0.944. The Kier molecular flexibility index (Phi) is 9.14. The van der Waals surface area contributed by atoms with Crippen LogP contribution in [0.1, 0.15) is 34.8 Å². The molecule has 0 radical (unpaired) electrons. The van der Waals surface area contributed by atoms with E-state index in [1.807, 2.05) is 26.0 Å². The summed E-state index contributed by atoms with van der Waals surface area (Å²) >= 11 is 3.35. The van der Waals surface area contributed by atoms with Gasteiger partial charge in [0.25, 0.3) is 0 Å². The maximum atomic E-state index is 12.6. The number of halogens is 1. The van der Waals surface area contributed by atoms with Crippen molar-refractivity contribution in [1.29, 1.82) is 0 Å². The van der Waals surface area contributed by atoms with Crippen LogP contribution in [-0.2, 0) is 9.59 Å². The predicted octanol–water partition coefficient (Wildman–Crippen LogP) is 4.85. The molecule has 0 saturated heterocycles. The van der Waals surface area contributed by atoms with E-state index in [2.05, 4.69) is 31.8 Å². The van der Waals surface area contributed by atoms with Crippen LogP contribution in [0.4, 0.5) is 5.69 Å². The van der Waals surface area contributed by atoms with E-state index >= 15 is 0 Å². The SMILES string of the molecule is CCCOc1ccc(C(=O)Oc2ccc(Br)cc2/C=N/NC(=O)C(=O)Nc2ccc(C)cc2)cc1. The number of aryl methyl sites for hydroxylation is 1. The van der Waals surface area contributed by atoms with Gasteiger partial charge in [-0.3, -0.25) is 9.59 Å². The van der Waals surface area contributed by atoms with E-state index in [0.717, 1.165) is 12.0 Å². The summed E-state index contributed by atoms with van der Waals surface area (Å²) in [6.45, 7) is 4.52. The third kappa shape index (κ3) is 7.79. The molecule has 8 nitrogen and oxygen atoms in total. The smallest absolute Gasteiger partial charge is 0.343 e. The van der Waals surface area contributed by atoms with Gasteiger partial charge in [0.05, 0.1) is 18.4 Å². The van der Waals surface area contributed by atoms with Crippen LogP contribution in [0.5, 0.6) is 11.5 Å². The molecule has 3 aromatic rings. The molecule has 0 aliphatic rings. The van der Waals surface area contributed by atoms with Gasteiger partial charge in [-0.1, -0.05) is 40.5 Å². The van der Waals surface area contributed by atoms with Crippen molar-refractivity contribution in [1.82, 2.24) is 5.43 Å². The normalized spacial score (nSPS) is 10.6. The number of benzene rings is 3. The molecule has 0 atom stereocenters. The van der Waals surface area contributed by atoms with Gasteiger partial charge < -0.3 is 14.8 Å². The molecule has 0 aliphatic carbocycles. The molecule has 2 amide bonds. The lowest BCUT2D eigenvalue weighted by Crippen LogP contribution is -2.32. The second kappa shape index (κ2) is 12.5. The summed E-state index contributed by atoms with van der Waals surface area (Å²) in [5, 5.41) is 6.31. The molecule has 180 valence electrons. The van der Waals surface area contributed by atoms with Crippen LogP contribution in [0.3, 0.4) is 0 Å². The van der Waals surface area contributed by atoms with E-state index in [1.165, 1.54) is 6.21 Å². The lowest BCUT2D eigenvalue weighted by molar-refractivity contribution is -0.136. The van der Waals surface area contributed by atoms with Crippen molar-refractivity contribution in [2.45, 2.75) is 20.3 Å². The maximum Gasteiger partial charge on any atom is 0.343 e. The van der Waals surface area contributed by atoms with Crippen LogP contribution in [0.25, 0.3) is 0 Å². The van der Waals surface area contributed by atoms with Crippen molar-refractivity contribution in [2.24, 2.45) is 5.10 Å². The third-order valence-corrected chi connectivity index (χ3v) is 5.12. The Morgan fingerprint density at radius 2 is 1.69 bits per heavy atom. The van der Waals surface area contributed by atoms with E-state index in [0.29, 0.717) is 33.6 Å². The van der Waals surface area contributed by atoms with E-state index < -0.39 is 17.8 Å². The van der Waals surface area contributed by atoms with E-state index in [-0.39, 0.29) is 5.75 Å². The standard InChI is InChI=1S/C26H24BrN3O5/c1-3-14-34-22-11-6-18(7-12-22)26(33)35-23-13-8-20(27)15-19(23)16-28-30-25(32)24(31)29-21-9-4-17(2)5-10-21/h4-13,15-16H,3,14H2,1-2H3,(H,29,31)(H,30,32)/b28-16+. The van der Waals surface area contributed by atoms with Crippen LogP contribution in [0.15, 0.2) is 76.3 Å². The summed E-state index contributed by atoms with van der Waals surface area (Å²) in [6, 6.07) is 18.6. The summed E-state index contributed by atoms with van der Waals surface area (Å²) in [7, 11) is 0. The molecule has 0 fully saturated rings. The highest BCUT2D eigenvalue weighted by Gasteiger charge is 2.14. The molecule has 0 heterocycles. The van der Waals surface area contributed by atoms with E-state index in [9.17, 15) is 14.4 Å². The van der Waals surface area contributed by atoms with E-state index in [1.54, 1.807) is 54.6 Å². The summed E-state index contributed by atoms with van der Waals surface area (Å²) < 4.78 is 11.7. The van der Waals surface area contributed by atoms with Crippen LogP contribution in [0, 0.1) is 6.92 Å². The summed E-state index contributed by atoms with van der Waals surface area (Å²) in [5.41, 5.74) is 4.45. The number of esters is 1. The van der Waals surface area contributed by atoms with Crippen molar-refractivity contribution in [2.75, 3.05) is 11.9 Å². The van der Waals surface area contributed by atoms with Gasteiger partial charge in [0.2, 0.25) is 0 Å². The Bertz CT molecular complexity index is 1220. The number of carbonyl (C=O) groups excluding carboxylic acids is 3. The largest absolute Gasteiger partial charge is 0.494 e. The molecule has 0 spiro atoms. The molecule has 35 heavy (non-hydrogen) atoms. The first-order valence-corrected chi connectivity index (χ1v) is 11.6. The quantitative estimate of drug-likeness (QED) is 0.140. The topological polar surface area (TPSA) is 106 Å². The number of nitrogens with one attached hydrogen (secondary N) is 2. The maximum absolute atomic E-state index is 12.6. The number of amides is 2. The zero-order valence-electron chi connectivity index (χ0n) is 19.2. The number of rotatable bonds is 8. The summed E-state index contributed by atoms with van der Waals surface area (Å²) in [4.78, 5) is 36.7. The fourth-order valence-corrected chi connectivity index (χ4v) is 3.19. The van der Waals surface area contributed by atoms with Gasteiger partial charge >= 0.3 is 17.8 Å². The van der Waals surface area contributed by atoms with Gasteiger partial charge in [0.15, 0.2) is 0 Å². The Balaban J connectivity index is 1.63. The van der Waals surface area contributed by atoms with Gasteiger partial charge in [-0.05, 0) is 67.9 Å². The van der Waals surface area contributed by atoms with Gasteiger partial charge in [-0.2, -0.15) is 5.10 Å². The summed E-state index contributed by atoms with van der Waals surface area (Å²) in [5.74, 6) is -1.47. The first-order chi connectivity index (χ1) is 16.9. The Hall–Kier alpha value is -3.98. The van der Waals surface area contributed by atoms with Crippen molar-refractivity contribution in [3.05, 3.63) is 87.9 Å². The number of ether oxygens (including phenoxy) is 2. The molecule has 0 unspecified atom stereocenters. The Morgan fingerprint density at radius 1 is 0.971 bits per heavy atom. The second-order valence-electron chi connectivity index (χ2n) is 7.46.